The van der Waals surface area contributed by atoms with Gasteiger partial charge in [-0.1, -0.05) is 33.7 Å². The first-order chi connectivity index (χ1) is 9.67. The molecule has 6 heteroatoms. The van der Waals surface area contributed by atoms with Gasteiger partial charge in [-0.15, -0.1) is 0 Å². The average molecular weight is 426 g/mol. The topological polar surface area (TPSA) is 47.6 Å². The molecule has 98 valence electrons. The van der Waals surface area contributed by atoms with Crippen LogP contribution in [0.4, 0.5) is 0 Å². The largest absolute Gasteiger partial charge is 0.192 e. The lowest BCUT2D eigenvalue weighted by Crippen LogP contribution is -1.83. The quantitative estimate of drug-likeness (QED) is 0.587. The Morgan fingerprint density at radius 3 is 1.50 bits per heavy atom. The van der Waals surface area contributed by atoms with Gasteiger partial charge in [-0.05, 0) is 56.1 Å². The Bertz CT molecular complexity index is 669. The van der Waals surface area contributed by atoms with E-state index in [2.05, 4.69) is 44.0 Å². The van der Waals surface area contributed by atoms with E-state index in [1.807, 2.05) is 36.4 Å². The molecule has 0 heterocycles. The second kappa shape index (κ2) is 7.19. The highest BCUT2D eigenvalue weighted by Gasteiger charge is 2.11. The van der Waals surface area contributed by atoms with Gasteiger partial charge < -0.3 is 0 Å². The zero-order valence-electron chi connectivity index (χ0n) is 9.93. The third kappa shape index (κ3) is 3.39. The fourth-order valence-corrected chi connectivity index (χ4v) is 4.92. The van der Waals surface area contributed by atoms with E-state index in [4.69, 9.17) is 0 Å². The van der Waals surface area contributed by atoms with Crippen molar-refractivity contribution in [2.45, 2.75) is 9.79 Å². The van der Waals surface area contributed by atoms with Gasteiger partial charge in [0.05, 0.1) is 11.1 Å². The zero-order valence-corrected chi connectivity index (χ0v) is 14.7. The van der Waals surface area contributed by atoms with E-state index >= 15 is 0 Å². The zero-order chi connectivity index (χ0) is 14.5. The molecule has 0 saturated carbocycles. The maximum atomic E-state index is 9.18. The molecule has 2 nitrogen and oxygen atoms in total. The fourth-order valence-electron chi connectivity index (χ4n) is 1.45. The van der Waals surface area contributed by atoms with E-state index in [1.54, 1.807) is 0 Å². The van der Waals surface area contributed by atoms with Crippen LogP contribution >= 0.6 is 53.4 Å². The van der Waals surface area contributed by atoms with Crippen molar-refractivity contribution in [3.8, 4) is 12.1 Å². The van der Waals surface area contributed by atoms with Crippen LogP contribution in [0.1, 0.15) is 11.1 Å². The van der Waals surface area contributed by atoms with E-state index in [9.17, 15) is 10.5 Å². The molecule has 0 N–H and O–H groups in total. The number of nitrogens with zero attached hydrogens (tertiary/aromatic N) is 2. The lowest BCUT2D eigenvalue weighted by Gasteiger charge is -2.06. The van der Waals surface area contributed by atoms with Gasteiger partial charge in [0.1, 0.15) is 12.1 Å². The molecule has 2 aromatic carbocycles. The molecule has 0 aliphatic carbocycles. The summed E-state index contributed by atoms with van der Waals surface area (Å²) in [4.78, 5) is 1.74. The van der Waals surface area contributed by atoms with Crippen molar-refractivity contribution in [2.24, 2.45) is 0 Å². The number of nitriles is 2. The fraction of sp³-hybridized carbons (Fsp3) is 0. The molecule has 0 spiro atoms. The Hall–Kier alpha value is -0.920. The Morgan fingerprint density at radius 1 is 0.750 bits per heavy atom. The summed E-state index contributed by atoms with van der Waals surface area (Å²) >= 11 is 6.74. The maximum absolute atomic E-state index is 9.18. The Kier molecular flexibility index (Phi) is 5.56. The van der Waals surface area contributed by atoms with Crippen LogP contribution in [0.5, 0.6) is 0 Å². The van der Waals surface area contributed by atoms with Crippen molar-refractivity contribution >= 4 is 53.4 Å². The molecule has 0 aliphatic rings. The summed E-state index contributed by atoms with van der Waals surface area (Å²) in [5.41, 5.74) is 1.22. The molecule has 20 heavy (non-hydrogen) atoms. The first-order valence-corrected chi connectivity index (χ1v) is 9.12. The minimum absolute atomic E-state index is 0.610. The molecule has 0 fully saturated rings. The summed E-state index contributed by atoms with van der Waals surface area (Å²) < 4.78 is 1.56. The van der Waals surface area contributed by atoms with Crippen molar-refractivity contribution in [3.63, 3.8) is 0 Å². The number of halogens is 2. The van der Waals surface area contributed by atoms with Crippen molar-refractivity contribution < 1.29 is 0 Å². The van der Waals surface area contributed by atoms with Gasteiger partial charge in [-0.3, -0.25) is 0 Å². The number of hydrogen-bond acceptors (Lipinski definition) is 4. The predicted octanol–water partition coefficient (Wildman–Crippen LogP) is 5.75. The maximum Gasteiger partial charge on any atom is 0.102 e. The number of benzene rings is 2. The smallest absolute Gasteiger partial charge is 0.102 e. The molecule has 2 rings (SSSR count). The highest BCUT2D eigenvalue weighted by Crippen LogP contribution is 2.42. The molecule has 0 saturated heterocycles. The second-order valence-electron chi connectivity index (χ2n) is 3.62. The predicted molar refractivity (Wildman–Crippen MR) is 89.4 cm³/mol. The molecule has 0 unspecified atom stereocenters. The highest BCUT2D eigenvalue weighted by molar-refractivity contribution is 9.10. The van der Waals surface area contributed by atoms with E-state index in [0.29, 0.717) is 11.1 Å². The minimum Gasteiger partial charge on any atom is -0.192 e. The van der Waals surface area contributed by atoms with Gasteiger partial charge >= 0.3 is 0 Å². The average Bonchev–Trinajstić information content (AvgIpc) is 2.45. The monoisotopic (exact) mass is 424 g/mol. The third-order valence-electron chi connectivity index (χ3n) is 2.40. The Balaban J connectivity index is 2.27. The van der Waals surface area contributed by atoms with Gasteiger partial charge in [-0.25, -0.2) is 0 Å². The molecular weight excluding hydrogens is 420 g/mol. The highest BCUT2D eigenvalue weighted by atomic mass is 79.9. The standard InChI is InChI=1S/C14H6Br2N2S2/c15-11-3-1-5-13(9(11)7-17)19-20-14-6-2-4-12(16)10(14)8-18/h1-6H. The summed E-state index contributed by atoms with van der Waals surface area (Å²) in [6.07, 6.45) is 0. The van der Waals surface area contributed by atoms with E-state index in [0.717, 1.165) is 18.7 Å². The molecular formula is C14H6Br2N2S2. The third-order valence-corrected chi connectivity index (χ3v) is 6.17. The first-order valence-electron chi connectivity index (χ1n) is 5.39. The van der Waals surface area contributed by atoms with Gasteiger partial charge in [-0.2, -0.15) is 10.5 Å². The van der Waals surface area contributed by atoms with Crippen LogP contribution in [-0.2, 0) is 0 Å². The summed E-state index contributed by atoms with van der Waals surface area (Å²) in [5, 5.41) is 18.4. The molecule has 0 aliphatic heterocycles. The van der Waals surface area contributed by atoms with Crippen LogP contribution in [0, 0.1) is 22.7 Å². The van der Waals surface area contributed by atoms with Crippen molar-refractivity contribution in [1.82, 2.24) is 0 Å². The molecule has 0 atom stereocenters. The van der Waals surface area contributed by atoms with Crippen LogP contribution in [0.2, 0.25) is 0 Å². The Morgan fingerprint density at radius 2 is 1.15 bits per heavy atom. The van der Waals surface area contributed by atoms with Crippen molar-refractivity contribution in [3.05, 3.63) is 56.5 Å². The van der Waals surface area contributed by atoms with Gasteiger partial charge in [0.15, 0.2) is 0 Å². The van der Waals surface area contributed by atoms with E-state index < -0.39 is 0 Å². The summed E-state index contributed by atoms with van der Waals surface area (Å²) in [7, 11) is 2.94. The SMILES string of the molecule is N#Cc1c(Br)cccc1SSc1cccc(Br)c1C#N. The van der Waals surface area contributed by atoms with Gasteiger partial charge in [0.25, 0.3) is 0 Å². The molecule has 2 aromatic rings. The number of hydrogen-bond donors (Lipinski definition) is 0. The molecule has 0 aromatic heterocycles. The lowest BCUT2D eigenvalue weighted by molar-refractivity contribution is 1.34. The second-order valence-corrected chi connectivity index (χ2v) is 7.54. The number of rotatable bonds is 3. The van der Waals surface area contributed by atoms with Crippen LogP contribution < -0.4 is 0 Å². The van der Waals surface area contributed by atoms with E-state index in [-0.39, 0.29) is 0 Å². The van der Waals surface area contributed by atoms with Crippen molar-refractivity contribution in [2.75, 3.05) is 0 Å². The van der Waals surface area contributed by atoms with Gasteiger partial charge in [0, 0.05) is 18.7 Å². The Labute approximate surface area is 141 Å². The lowest BCUT2D eigenvalue weighted by atomic mass is 10.2. The van der Waals surface area contributed by atoms with Crippen molar-refractivity contribution in [1.29, 1.82) is 10.5 Å². The summed E-state index contributed by atoms with van der Waals surface area (Å²) in [6, 6.07) is 15.6. The first kappa shape index (κ1) is 15.5. The van der Waals surface area contributed by atoms with Crippen LogP contribution in [-0.4, -0.2) is 0 Å². The van der Waals surface area contributed by atoms with Crippen LogP contribution in [0.25, 0.3) is 0 Å². The molecule has 0 bridgehead atoms. The van der Waals surface area contributed by atoms with E-state index in [1.165, 1.54) is 21.6 Å². The van der Waals surface area contributed by atoms with Crippen LogP contribution in [0.3, 0.4) is 0 Å². The molecule has 0 radical (unpaired) electrons. The summed E-state index contributed by atoms with van der Waals surface area (Å²) in [5.74, 6) is 0. The van der Waals surface area contributed by atoms with Crippen LogP contribution in [0.15, 0.2) is 55.1 Å². The minimum atomic E-state index is 0.610. The molecule has 0 amide bonds. The van der Waals surface area contributed by atoms with Gasteiger partial charge in [0.2, 0.25) is 0 Å². The summed E-state index contributed by atoms with van der Waals surface area (Å²) in [6.45, 7) is 0. The normalized spacial score (nSPS) is 9.80.